The number of carbonyl (C=O) groups is 3. The third kappa shape index (κ3) is 2.82. The van der Waals surface area contributed by atoms with Crippen LogP contribution in [0.15, 0.2) is 21.7 Å². The van der Waals surface area contributed by atoms with Gasteiger partial charge in [0.2, 0.25) is 17.7 Å². The zero-order valence-corrected chi connectivity index (χ0v) is 18.3. The molecule has 0 aliphatic carbocycles. The number of barbiturate groups is 1. The first-order valence-electron chi connectivity index (χ1n) is 9.03. The molecule has 0 N–H and O–H groups in total. The van der Waals surface area contributed by atoms with Gasteiger partial charge in [0.15, 0.2) is 5.75 Å². The molecule has 12 heteroatoms. The van der Waals surface area contributed by atoms with E-state index in [0.717, 1.165) is 18.9 Å². The van der Waals surface area contributed by atoms with Crippen molar-refractivity contribution < 1.29 is 19.1 Å². The van der Waals surface area contributed by atoms with Crippen LogP contribution in [0.2, 0.25) is 10.0 Å². The Morgan fingerprint density at radius 1 is 0.839 bits per heavy atom. The van der Waals surface area contributed by atoms with Crippen LogP contribution >= 0.6 is 23.2 Å². The van der Waals surface area contributed by atoms with Gasteiger partial charge in [-0.25, -0.2) is 9.59 Å². The van der Waals surface area contributed by atoms with Crippen molar-refractivity contribution in [2.45, 2.75) is 5.92 Å². The molecule has 2 aromatic rings. The van der Waals surface area contributed by atoms with Crippen LogP contribution in [0.5, 0.6) is 11.6 Å². The van der Waals surface area contributed by atoms with Gasteiger partial charge in [-0.15, -0.1) is 0 Å². The topological polar surface area (TPSA) is 111 Å². The Labute approximate surface area is 185 Å². The number of rotatable bonds is 1. The van der Waals surface area contributed by atoms with E-state index >= 15 is 0 Å². The number of benzene rings is 1. The minimum atomic E-state index is -1.48. The number of hydrogen-bond donors (Lipinski definition) is 0. The molecule has 10 nitrogen and oxygen atoms in total. The highest BCUT2D eigenvalue weighted by Gasteiger charge is 2.51. The van der Waals surface area contributed by atoms with Crippen LogP contribution in [0.4, 0.5) is 4.79 Å². The minimum Gasteiger partial charge on any atom is -0.438 e. The quantitative estimate of drug-likeness (QED) is 0.585. The molecule has 0 unspecified atom stereocenters. The van der Waals surface area contributed by atoms with Crippen molar-refractivity contribution in [2.24, 2.45) is 20.0 Å². The molecule has 0 saturated carbocycles. The first-order valence-corrected chi connectivity index (χ1v) is 9.78. The van der Waals surface area contributed by atoms with E-state index in [1.807, 2.05) is 0 Å². The van der Waals surface area contributed by atoms with Gasteiger partial charge in [0.25, 0.3) is 5.56 Å². The molecule has 1 aromatic heterocycles. The van der Waals surface area contributed by atoms with E-state index in [1.165, 1.54) is 40.3 Å². The number of ether oxygens (including phenoxy) is 1. The van der Waals surface area contributed by atoms with E-state index < -0.39 is 40.9 Å². The average molecular weight is 467 g/mol. The normalized spacial score (nSPS) is 18.8. The van der Waals surface area contributed by atoms with Crippen molar-refractivity contribution >= 4 is 41.0 Å². The van der Waals surface area contributed by atoms with Gasteiger partial charge in [-0.2, -0.15) is 0 Å². The number of nitrogens with zero attached hydrogens (tertiary/aromatic N) is 4. The Hall–Kier alpha value is -3.11. The maximum atomic E-state index is 13.1. The molecule has 0 bridgehead atoms. The predicted molar refractivity (Wildman–Crippen MR) is 110 cm³/mol. The molecule has 2 aliphatic heterocycles. The highest BCUT2D eigenvalue weighted by atomic mass is 35.5. The van der Waals surface area contributed by atoms with Crippen molar-refractivity contribution in [3.05, 3.63) is 54.1 Å². The monoisotopic (exact) mass is 466 g/mol. The Kier molecular flexibility index (Phi) is 4.74. The molecule has 0 radical (unpaired) electrons. The first kappa shape index (κ1) is 21.1. The molecular formula is C19H16Cl2N4O6. The first-order chi connectivity index (χ1) is 14.5. The molecule has 162 valence electrons. The number of halogens is 2. The number of hydrogen-bond acceptors (Lipinski definition) is 6. The Bertz CT molecular complexity index is 1290. The van der Waals surface area contributed by atoms with Crippen LogP contribution in [-0.2, 0) is 23.7 Å². The van der Waals surface area contributed by atoms with Crippen LogP contribution in [0.1, 0.15) is 17.0 Å². The smallest absolute Gasteiger partial charge is 0.333 e. The van der Waals surface area contributed by atoms with Crippen molar-refractivity contribution in [3.8, 4) is 11.6 Å². The molecular weight excluding hydrogens is 451 g/mol. The van der Waals surface area contributed by atoms with E-state index in [4.69, 9.17) is 27.9 Å². The second-order valence-electron chi connectivity index (χ2n) is 7.37. The van der Waals surface area contributed by atoms with Gasteiger partial charge in [0.1, 0.15) is 5.92 Å². The largest absolute Gasteiger partial charge is 0.438 e. The lowest BCUT2D eigenvalue weighted by Crippen LogP contribution is -2.59. The fourth-order valence-electron chi connectivity index (χ4n) is 3.98. The van der Waals surface area contributed by atoms with Gasteiger partial charge < -0.3 is 4.74 Å². The SMILES string of the molecule is CN1C(=O)C([C@H]2c3cc(Cl)cc(Cl)c3Oc3c2c(=O)n(C)c(=O)n3C)C(=O)N(C)C1=O. The van der Waals surface area contributed by atoms with Crippen LogP contribution in [0.25, 0.3) is 0 Å². The molecule has 1 fully saturated rings. The van der Waals surface area contributed by atoms with E-state index in [0.29, 0.717) is 0 Å². The van der Waals surface area contributed by atoms with E-state index in [2.05, 4.69) is 0 Å². The van der Waals surface area contributed by atoms with Crippen molar-refractivity contribution in [1.29, 1.82) is 0 Å². The van der Waals surface area contributed by atoms with E-state index in [9.17, 15) is 24.0 Å². The lowest BCUT2D eigenvalue weighted by atomic mass is 9.77. The zero-order chi connectivity index (χ0) is 22.9. The molecule has 31 heavy (non-hydrogen) atoms. The summed E-state index contributed by atoms with van der Waals surface area (Å²) in [5.74, 6) is -4.35. The number of urea groups is 1. The summed E-state index contributed by atoms with van der Waals surface area (Å²) in [6, 6.07) is 2.05. The maximum Gasteiger partial charge on any atom is 0.333 e. The van der Waals surface area contributed by atoms with Crippen LogP contribution in [0, 0.1) is 5.92 Å². The van der Waals surface area contributed by atoms with Gasteiger partial charge in [-0.1, -0.05) is 23.2 Å². The third-order valence-corrected chi connectivity index (χ3v) is 6.13. The molecule has 3 heterocycles. The second kappa shape index (κ2) is 6.96. The lowest BCUT2D eigenvalue weighted by molar-refractivity contribution is -0.148. The summed E-state index contributed by atoms with van der Waals surface area (Å²) in [7, 11) is 5.14. The summed E-state index contributed by atoms with van der Waals surface area (Å²) in [4.78, 5) is 65.7. The fraction of sp³-hybridized carbons (Fsp3) is 0.316. The van der Waals surface area contributed by atoms with Gasteiger partial charge in [0, 0.05) is 44.7 Å². The van der Waals surface area contributed by atoms with E-state index in [1.54, 1.807) is 0 Å². The fourth-order valence-corrected chi connectivity index (χ4v) is 4.53. The molecule has 1 saturated heterocycles. The molecule has 0 spiro atoms. The Balaban J connectivity index is 2.11. The summed E-state index contributed by atoms with van der Waals surface area (Å²) in [5, 5.41) is 0.260. The summed E-state index contributed by atoms with van der Waals surface area (Å²) in [6.45, 7) is 0. The summed E-state index contributed by atoms with van der Waals surface area (Å²) in [5.41, 5.74) is -1.27. The average Bonchev–Trinajstić information content (AvgIpc) is 2.73. The van der Waals surface area contributed by atoms with Gasteiger partial charge in [-0.05, 0) is 12.1 Å². The molecule has 1 aromatic carbocycles. The molecule has 4 amide bonds. The van der Waals surface area contributed by atoms with E-state index in [-0.39, 0.29) is 32.8 Å². The maximum absolute atomic E-state index is 13.1. The zero-order valence-electron chi connectivity index (χ0n) is 16.8. The molecule has 1 atom stereocenters. The number of carbonyl (C=O) groups excluding carboxylic acids is 3. The molecule has 4 rings (SSSR count). The summed E-state index contributed by atoms with van der Waals surface area (Å²) < 4.78 is 7.76. The van der Waals surface area contributed by atoms with Crippen LogP contribution < -0.4 is 16.0 Å². The predicted octanol–water partition coefficient (Wildman–Crippen LogP) is 1.30. The summed E-state index contributed by atoms with van der Waals surface area (Å²) in [6.07, 6.45) is 0. The number of fused-ring (bicyclic) bond motifs is 2. The third-order valence-electron chi connectivity index (χ3n) is 5.63. The number of aromatic nitrogens is 2. The van der Waals surface area contributed by atoms with Gasteiger partial charge >= 0.3 is 11.7 Å². The van der Waals surface area contributed by atoms with Crippen molar-refractivity contribution in [2.75, 3.05) is 14.1 Å². The minimum absolute atomic E-state index is 0.0645. The van der Waals surface area contributed by atoms with Gasteiger partial charge in [-0.3, -0.25) is 33.3 Å². The standard InChI is InChI=1S/C19H16Cl2N4O6/c1-22-14(26)11(15(27)23(2)18(22)29)10-8-5-7(20)6-9(21)13(8)31-17-12(10)16(28)24(3)19(30)25(17)4/h5-6,10-11H,1-4H3/t10-/m1/s1. The molecule has 2 aliphatic rings. The van der Waals surface area contributed by atoms with Crippen molar-refractivity contribution in [3.63, 3.8) is 0 Å². The summed E-state index contributed by atoms with van der Waals surface area (Å²) >= 11 is 12.5. The van der Waals surface area contributed by atoms with Gasteiger partial charge in [0.05, 0.1) is 10.6 Å². The van der Waals surface area contributed by atoms with Crippen molar-refractivity contribution in [1.82, 2.24) is 18.9 Å². The second-order valence-corrected chi connectivity index (χ2v) is 8.21. The Morgan fingerprint density at radius 3 is 2.00 bits per heavy atom. The van der Waals surface area contributed by atoms with Crippen LogP contribution in [0.3, 0.4) is 0 Å². The van der Waals surface area contributed by atoms with Crippen LogP contribution in [-0.4, -0.2) is 50.9 Å². The number of amides is 4. The lowest BCUT2D eigenvalue weighted by Gasteiger charge is -2.39. The number of imide groups is 2. The highest BCUT2D eigenvalue weighted by Crippen LogP contribution is 2.50. The highest BCUT2D eigenvalue weighted by molar-refractivity contribution is 6.35. The Morgan fingerprint density at radius 2 is 1.42 bits per heavy atom.